The van der Waals surface area contributed by atoms with Gasteiger partial charge in [-0.1, -0.05) is 34.1 Å². The molecule has 6 nitrogen and oxygen atoms in total. The van der Waals surface area contributed by atoms with Crippen molar-refractivity contribution in [3.05, 3.63) is 12.5 Å². The fourth-order valence-electron chi connectivity index (χ4n) is 9.88. The van der Waals surface area contributed by atoms with Gasteiger partial charge in [-0.2, -0.15) is 4.99 Å². The van der Waals surface area contributed by atoms with Crippen molar-refractivity contribution in [2.24, 2.45) is 57.2 Å². The summed E-state index contributed by atoms with van der Waals surface area (Å²) < 4.78 is 0. The number of rotatable bonds is 5. The second-order valence-corrected chi connectivity index (χ2v) is 12.9. The van der Waals surface area contributed by atoms with Crippen LogP contribution >= 0.6 is 0 Å². The van der Waals surface area contributed by atoms with E-state index in [1.54, 1.807) is 0 Å². The van der Waals surface area contributed by atoms with E-state index >= 15 is 0 Å². The number of hydroxylamine groups is 1. The van der Waals surface area contributed by atoms with Gasteiger partial charge in [0, 0.05) is 6.42 Å². The van der Waals surface area contributed by atoms with E-state index < -0.39 is 0 Å². The molecule has 0 amide bonds. The van der Waals surface area contributed by atoms with Crippen molar-refractivity contribution in [1.29, 1.82) is 0 Å². The van der Waals surface area contributed by atoms with Crippen molar-refractivity contribution in [3.8, 4) is 0 Å². The molecule has 0 radical (unpaired) electrons. The highest BCUT2D eigenvalue weighted by atomic mass is 16.7. The average molecular weight is 475 g/mol. The first kappa shape index (κ1) is 24.6. The van der Waals surface area contributed by atoms with Crippen LogP contribution in [0.15, 0.2) is 17.5 Å². The summed E-state index contributed by atoms with van der Waals surface area (Å²) in [5.41, 5.74) is 2.80. The van der Waals surface area contributed by atoms with Crippen LogP contribution in [-0.2, 0) is 4.84 Å². The molecule has 4 fully saturated rings. The Morgan fingerprint density at radius 2 is 1.88 bits per heavy atom. The van der Waals surface area contributed by atoms with Crippen LogP contribution in [0, 0.1) is 52.3 Å². The molecule has 0 bridgehead atoms. The maximum absolute atomic E-state index is 11.8. The van der Waals surface area contributed by atoms with E-state index in [1.807, 2.05) is 0 Å². The van der Waals surface area contributed by atoms with Crippen molar-refractivity contribution in [2.45, 2.75) is 104 Å². The summed E-state index contributed by atoms with van der Waals surface area (Å²) in [6.45, 7) is 13.0. The third-order valence-corrected chi connectivity index (χ3v) is 11.6. The second kappa shape index (κ2) is 8.77. The molecule has 0 aromatic rings. The predicted molar refractivity (Wildman–Crippen MR) is 132 cm³/mol. The van der Waals surface area contributed by atoms with Gasteiger partial charge >= 0.3 is 0 Å². The number of hydrogen-bond acceptors (Lipinski definition) is 6. The van der Waals surface area contributed by atoms with Crippen molar-refractivity contribution < 1.29 is 20.2 Å². The summed E-state index contributed by atoms with van der Waals surface area (Å²) in [5.74, 6) is 3.69. The molecule has 5 aliphatic rings. The summed E-state index contributed by atoms with van der Waals surface area (Å²) in [5, 5.41) is 34.1. The lowest BCUT2D eigenvalue weighted by Gasteiger charge is -2.65. The largest absolute Gasteiger partial charge is 0.393 e. The molecule has 0 saturated heterocycles. The zero-order valence-corrected chi connectivity index (χ0v) is 21.5. The third-order valence-electron chi connectivity index (χ3n) is 11.6. The Kier molecular flexibility index (Phi) is 6.34. The van der Waals surface area contributed by atoms with Gasteiger partial charge in [-0.05, 0) is 104 Å². The predicted octanol–water partition coefficient (Wildman–Crippen LogP) is 4.40. The van der Waals surface area contributed by atoms with E-state index in [1.165, 1.54) is 0 Å². The Hall–Kier alpha value is -1.11. The molecule has 0 aromatic heterocycles. The van der Waals surface area contributed by atoms with E-state index in [2.05, 4.69) is 44.7 Å². The summed E-state index contributed by atoms with van der Waals surface area (Å²) in [6, 6.07) is 0. The van der Waals surface area contributed by atoms with Crippen LogP contribution in [0.5, 0.6) is 0 Å². The van der Waals surface area contributed by atoms with Crippen LogP contribution in [0.1, 0.15) is 85.5 Å². The zero-order valence-electron chi connectivity index (χ0n) is 21.5. The Morgan fingerprint density at radius 1 is 1.12 bits per heavy atom. The average Bonchev–Trinajstić information content (AvgIpc) is 3.38. The van der Waals surface area contributed by atoms with Crippen molar-refractivity contribution in [2.75, 3.05) is 0 Å². The monoisotopic (exact) mass is 474 g/mol. The minimum Gasteiger partial charge on any atom is -0.393 e. The Balaban J connectivity index is 1.40. The summed E-state index contributed by atoms with van der Waals surface area (Å²) in [4.78, 5) is 9.49. The lowest BCUT2D eigenvalue weighted by molar-refractivity contribution is -0.228. The van der Waals surface area contributed by atoms with E-state index in [4.69, 9.17) is 4.84 Å². The molecule has 5 rings (SSSR count). The summed E-state index contributed by atoms with van der Waals surface area (Å²) >= 11 is 0. The molecule has 4 unspecified atom stereocenters. The standard InChI is InChI=1S/C28H46N2O4/c1-6-18-21-13-17(31)11-12-27(21,4)22-14-23(32)28(5)19(8-9-20(28)25(22)26(18)33)15(2)7-10-24-29-16(3)34-30-24/h15,17-23,25-26,31-33H,3,6-14H2,1-2,4-5H3,(H,29,30)/t15-,17-,18-,19-,20?,21+,22?,23+,25?,26?,27+,28-/m1/s1. The van der Waals surface area contributed by atoms with E-state index in [0.29, 0.717) is 35.5 Å². The van der Waals surface area contributed by atoms with E-state index in [-0.39, 0.29) is 41.0 Å². The van der Waals surface area contributed by atoms with Gasteiger partial charge in [0.25, 0.3) is 0 Å². The topological polar surface area (TPSA) is 94.3 Å². The molecule has 0 aromatic carbocycles. The maximum atomic E-state index is 11.8. The Bertz CT molecular complexity index is 831. The lowest BCUT2D eigenvalue weighted by atomic mass is 9.41. The number of amidine groups is 1. The van der Waals surface area contributed by atoms with Gasteiger partial charge in [-0.3, -0.25) is 0 Å². The van der Waals surface area contributed by atoms with Gasteiger partial charge < -0.3 is 20.2 Å². The number of aliphatic imine (C=N–C) groups is 1. The first-order valence-electron chi connectivity index (χ1n) is 13.8. The molecule has 0 spiro atoms. The van der Waals surface area contributed by atoms with Gasteiger partial charge in [-0.15, -0.1) is 0 Å². The molecule has 192 valence electrons. The van der Waals surface area contributed by atoms with Crippen LogP contribution in [-0.4, -0.2) is 39.5 Å². The fourth-order valence-corrected chi connectivity index (χ4v) is 9.88. The van der Waals surface area contributed by atoms with Crippen molar-refractivity contribution >= 4 is 5.84 Å². The van der Waals surface area contributed by atoms with Crippen molar-refractivity contribution in [1.82, 2.24) is 5.48 Å². The van der Waals surface area contributed by atoms with E-state index in [9.17, 15) is 15.3 Å². The minimum absolute atomic E-state index is 0.102. The van der Waals surface area contributed by atoms with Gasteiger partial charge in [0.05, 0.1) is 18.3 Å². The van der Waals surface area contributed by atoms with Crippen LogP contribution in [0.4, 0.5) is 0 Å². The first-order valence-corrected chi connectivity index (χ1v) is 13.8. The second-order valence-electron chi connectivity index (χ2n) is 12.9. The molecule has 4 N–H and O–H groups in total. The van der Waals surface area contributed by atoms with Gasteiger partial charge in [-0.25, -0.2) is 5.48 Å². The van der Waals surface area contributed by atoms with Gasteiger partial charge in [0.15, 0.2) is 0 Å². The van der Waals surface area contributed by atoms with Gasteiger partial charge in [0.2, 0.25) is 5.88 Å². The third kappa shape index (κ3) is 3.57. The molecule has 4 aliphatic carbocycles. The van der Waals surface area contributed by atoms with Crippen LogP contribution < -0.4 is 5.48 Å². The number of aliphatic hydroxyl groups is 3. The highest BCUT2D eigenvalue weighted by molar-refractivity contribution is 5.83. The zero-order chi connectivity index (χ0) is 24.4. The fraction of sp³-hybridized carbons (Fsp3) is 0.893. The van der Waals surface area contributed by atoms with Crippen LogP contribution in [0.25, 0.3) is 0 Å². The normalized spacial score (nSPS) is 51.0. The number of fused-ring (bicyclic) bond motifs is 5. The van der Waals surface area contributed by atoms with Crippen molar-refractivity contribution in [3.63, 3.8) is 0 Å². The molecule has 4 saturated carbocycles. The molecular formula is C28H46N2O4. The lowest BCUT2D eigenvalue weighted by Crippen LogP contribution is -2.65. The highest BCUT2D eigenvalue weighted by Crippen LogP contribution is 2.69. The highest BCUT2D eigenvalue weighted by Gasteiger charge is 2.67. The number of aliphatic hydroxyl groups excluding tert-OH is 3. The number of hydrogen-bond donors (Lipinski definition) is 4. The van der Waals surface area contributed by atoms with E-state index in [0.717, 1.165) is 63.6 Å². The molecule has 1 heterocycles. The van der Waals surface area contributed by atoms with Crippen LogP contribution in [0.3, 0.4) is 0 Å². The minimum atomic E-state index is -0.339. The molecule has 12 atom stereocenters. The molecular weight excluding hydrogens is 428 g/mol. The first-order chi connectivity index (χ1) is 16.1. The summed E-state index contributed by atoms with van der Waals surface area (Å²) in [7, 11) is 0. The molecule has 1 aliphatic heterocycles. The molecule has 6 heteroatoms. The quantitative estimate of drug-likeness (QED) is 0.474. The maximum Gasteiger partial charge on any atom is 0.240 e. The van der Waals surface area contributed by atoms with Crippen LogP contribution in [0.2, 0.25) is 0 Å². The SMILES string of the molecule is C=C1N=C(CC[C@@H](C)[C@H]2CCC3C4C(O)[C@H](CC)[C@@H]5C[C@H](O)CC[C@]5(C)C4C[C@H](O)[C@@]32C)NO1. The molecule has 34 heavy (non-hydrogen) atoms. The van der Waals surface area contributed by atoms with Gasteiger partial charge in [0.1, 0.15) is 5.84 Å². The Morgan fingerprint density at radius 3 is 2.56 bits per heavy atom. The summed E-state index contributed by atoms with van der Waals surface area (Å²) in [6.07, 6.45) is 7.55. The Labute approximate surface area is 205 Å². The smallest absolute Gasteiger partial charge is 0.240 e. The number of nitrogens with one attached hydrogen (secondary N) is 1. The number of nitrogens with zero attached hydrogens (tertiary/aromatic N) is 1.